The second-order valence-corrected chi connectivity index (χ2v) is 8.88. The average Bonchev–Trinajstić information content (AvgIpc) is 3.05. The fraction of sp³-hybridized carbons (Fsp3) is 0.0714. The lowest BCUT2D eigenvalue weighted by Crippen LogP contribution is -2.30. The third kappa shape index (κ3) is 4.28. The van der Waals surface area contributed by atoms with Crippen LogP contribution in [0.15, 0.2) is 107 Å². The summed E-state index contributed by atoms with van der Waals surface area (Å²) in [4.78, 5) is 30.3. The zero-order valence-corrected chi connectivity index (χ0v) is 19.3. The standard InChI is InChI=1S/C28H22N2O3S/c1-33-24-11-5-3-9-22(24)27(31)29-21-16-14-19(15-17-21)28(32)30-18-20-8-2-6-12-25(20)34-26-13-7-4-10-23(26)30/h2-17H,18H2,1H3,(H,29,31). The van der Waals surface area contributed by atoms with E-state index in [1.807, 2.05) is 47.4 Å². The minimum atomic E-state index is -0.272. The van der Waals surface area contributed by atoms with Gasteiger partial charge in [0.2, 0.25) is 0 Å². The van der Waals surface area contributed by atoms with Crippen molar-refractivity contribution >= 4 is 35.0 Å². The predicted octanol–water partition coefficient (Wildman–Crippen LogP) is 6.26. The number of hydrogen-bond acceptors (Lipinski definition) is 4. The zero-order chi connectivity index (χ0) is 23.5. The molecule has 4 aromatic rings. The Morgan fingerprint density at radius 1 is 0.824 bits per heavy atom. The minimum Gasteiger partial charge on any atom is -0.496 e. The van der Waals surface area contributed by atoms with Gasteiger partial charge in [0.05, 0.1) is 24.9 Å². The van der Waals surface area contributed by atoms with Crippen LogP contribution in [-0.4, -0.2) is 18.9 Å². The number of anilines is 2. The molecule has 1 aliphatic heterocycles. The molecule has 4 aromatic carbocycles. The maximum Gasteiger partial charge on any atom is 0.259 e. The Labute approximate surface area is 202 Å². The van der Waals surface area contributed by atoms with Crippen molar-refractivity contribution in [2.24, 2.45) is 0 Å². The van der Waals surface area contributed by atoms with E-state index in [2.05, 4.69) is 17.4 Å². The van der Waals surface area contributed by atoms with E-state index in [0.717, 1.165) is 21.0 Å². The normalized spacial score (nSPS) is 12.2. The summed E-state index contributed by atoms with van der Waals surface area (Å²) in [6.07, 6.45) is 0. The lowest BCUT2D eigenvalue weighted by molar-refractivity contribution is 0.0983. The molecule has 5 nitrogen and oxygen atoms in total. The number of para-hydroxylation sites is 2. The van der Waals surface area contributed by atoms with Crippen molar-refractivity contribution in [1.29, 1.82) is 0 Å². The summed E-state index contributed by atoms with van der Waals surface area (Å²) in [5.74, 6) is 0.142. The van der Waals surface area contributed by atoms with Gasteiger partial charge in [-0.05, 0) is 60.2 Å². The van der Waals surface area contributed by atoms with Crippen LogP contribution in [0.25, 0.3) is 0 Å². The molecule has 0 radical (unpaired) electrons. The summed E-state index contributed by atoms with van der Waals surface area (Å²) in [7, 11) is 1.53. The van der Waals surface area contributed by atoms with Gasteiger partial charge < -0.3 is 15.0 Å². The highest BCUT2D eigenvalue weighted by atomic mass is 32.2. The molecule has 2 amide bonds. The Bertz CT molecular complexity index is 1370. The van der Waals surface area contributed by atoms with Gasteiger partial charge in [-0.15, -0.1) is 0 Å². The van der Waals surface area contributed by atoms with Crippen LogP contribution >= 0.6 is 11.8 Å². The Hall–Kier alpha value is -4.03. The van der Waals surface area contributed by atoms with Crippen molar-refractivity contribution in [1.82, 2.24) is 0 Å². The summed E-state index contributed by atoms with van der Waals surface area (Å²) >= 11 is 1.68. The summed E-state index contributed by atoms with van der Waals surface area (Å²) in [5, 5.41) is 2.87. The first kappa shape index (κ1) is 21.8. The van der Waals surface area contributed by atoms with E-state index in [1.54, 1.807) is 54.2 Å². The molecule has 34 heavy (non-hydrogen) atoms. The lowest BCUT2D eigenvalue weighted by atomic mass is 10.1. The average molecular weight is 467 g/mol. The number of nitrogens with zero attached hydrogens (tertiary/aromatic N) is 1. The van der Waals surface area contributed by atoms with Gasteiger partial charge >= 0.3 is 0 Å². The number of ether oxygens (including phenoxy) is 1. The van der Waals surface area contributed by atoms with Gasteiger partial charge in [-0.1, -0.05) is 54.2 Å². The van der Waals surface area contributed by atoms with Gasteiger partial charge in [0.15, 0.2) is 0 Å². The number of methoxy groups -OCH3 is 1. The fourth-order valence-electron chi connectivity index (χ4n) is 3.94. The smallest absolute Gasteiger partial charge is 0.259 e. The van der Waals surface area contributed by atoms with Gasteiger partial charge in [-0.2, -0.15) is 0 Å². The molecule has 0 saturated heterocycles. The molecule has 5 rings (SSSR count). The van der Waals surface area contributed by atoms with Crippen LogP contribution in [0.2, 0.25) is 0 Å². The Morgan fingerprint density at radius 2 is 1.50 bits per heavy atom. The number of rotatable bonds is 4. The second-order valence-electron chi connectivity index (χ2n) is 7.80. The molecule has 0 saturated carbocycles. The number of carbonyl (C=O) groups excluding carboxylic acids is 2. The van der Waals surface area contributed by atoms with Crippen molar-refractivity contribution < 1.29 is 14.3 Å². The molecule has 0 aromatic heterocycles. The van der Waals surface area contributed by atoms with E-state index in [1.165, 1.54) is 7.11 Å². The van der Waals surface area contributed by atoms with Crippen LogP contribution in [0.1, 0.15) is 26.3 Å². The Balaban J connectivity index is 1.39. The van der Waals surface area contributed by atoms with E-state index >= 15 is 0 Å². The summed E-state index contributed by atoms with van der Waals surface area (Å²) in [6.45, 7) is 0.491. The molecule has 6 heteroatoms. The van der Waals surface area contributed by atoms with Crippen molar-refractivity contribution in [3.63, 3.8) is 0 Å². The first-order valence-corrected chi connectivity index (χ1v) is 11.7. The molecule has 1 N–H and O–H groups in total. The minimum absolute atomic E-state index is 0.0904. The third-order valence-electron chi connectivity index (χ3n) is 5.66. The fourth-order valence-corrected chi connectivity index (χ4v) is 5.01. The van der Waals surface area contributed by atoms with Gasteiger partial charge in [-0.3, -0.25) is 9.59 Å². The largest absolute Gasteiger partial charge is 0.496 e. The van der Waals surface area contributed by atoms with Gasteiger partial charge in [0.1, 0.15) is 5.75 Å². The molecule has 1 aliphatic rings. The van der Waals surface area contributed by atoms with Crippen LogP contribution in [0, 0.1) is 0 Å². The zero-order valence-electron chi connectivity index (χ0n) is 18.5. The van der Waals surface area contributed by atoms with E-state index in [9.17, 15) is 9.59 Å². The molecule has 0 atom stereocenters. The molecule has 0 spiro atoms. The highest BCUT2D eigenvalue weighted by Gasteiger charge is 2.25. The maximum absolute atomic E-state index is 13.6. The number of nitrogens with one attached hydrogen (secondary N) is 1. The quantitative estimate of drug-likeness (QED) is 0.386. The topological polar surface area (TPSA) is 58.6 Å². The molecule has 0 fully saturated rings. The number of fused-ring (bicyclic) bond motifs is 2. The van der Waals surface area contributed by atoms with Crippen LogP contribution < -0.4 is 15.0 Å². The highest BCUT2D eigenvalue weighted by Crippen LogP contribution is 2.41. The molecule has 168 valence electrons. The van der Waals surface area contributed by atoms with E-state index in [0.29, 0.717) is 29.1 Å². The summed E-state index contributed by atoms with van der Waals surface area (Å²) < 4.78 is 5.27. The van der Waals surface area contributed by atoms with Crippen molar-refractivity contribution in [2.75, 3.05) is 17.3 Å². The molecule has 0 aliphatic carbocycles. The second kappa shape index (κ2) is 9.45. The lowest BCUT2D eigenvalue weighted by Gasteiger charge is -2.23. The Morgan fingerprint density at radius 3 is 2.29 bits per heavy atom. The SMILES string of the molecule is COc1ccccc1C(=O)Nc1ccc(C(=O)N2Cc3ccccc3Sc3ccccc32)cc1. The number of hydrogen-bond donors (Lipinski definition) is 1. The van der Waals surface area contributed by atoms with Crippen LogP contribution in [0.3, 0.4) is 0 Å². The highest BCUT2D eigenvalue weighted by molar-refractivity contribution is 7.99. The van der Waals surface area contributed by atoms with Gasteiger partial charge in [0, 0.05) is 21.0 Å². The molecule has 0 bridgehead atoms. The van der Waals surface area contributed by atoms with Gasteiger partial charge in [0.25, 0.3) is 11.8 Å². The van der Waals surface area contributed by atoms with Crippen LogP contribution in [-0.2, 0) is 6.54 Å². The third-order valence-corrected chi connectivity index (χ3v) is 6.85. The first-order valence-electron chi connectivity index (χ1n) is 10.8. The molecular weight excluding hydrogens is 444 g/mol. The summed E-state index contributed by atoms with van der Waals surface area (Å²) in [5.41, 5.74) is 3.60. The van der Waals surface area contributed by atoms with E-state index in [-0.39, 0.29) is 11.8 Å². The number of carbonyl (C=O) groups is 2. The first-order chi connectivity index (χ1) is 16.6. The molecule has 0 unspecified atom stereocenters. The van der Waals surface area contributed by atoms with E-state index in [4.69, 9.17) is 4.74 Å². The van der Waals surface area contributed by atoms with Crippen molar-refractivity contribution in [3.8, 4) is 5.75 Å². The van der Waals surface area contributed by atoms with E-state index < -0.39 is 0 Å². The van der Waals surface area contributed by atoms with Crippen LogP contribution in [0.5, 0.6) is 5.75 Å². The molecule has 1 heterocycles. The number of amides is 2. The monoisotopic (exact) mass is 466 g/mol. The Kier molecular flexibility index (Phi) is 6.06. The number of benzene rings is 4. The predicted molar refractivity (Wildman–Crippen MR) is 135 cm³/mol. The summed E-state index contributed by atoms with van der Waals surface area (Å²) in [6, 6.07) is 30.1. The maximum atomic E-state index is 13.6. The van der Waals surface area contributed by atoms with Gasteiger partial charge in [-0.25, -0.2) is 0 Å². The molecular formula is C28H22N2O3S. The van der Waals surface area contributed by atoms with Crippen LogP contribution in [0.4, 0.5) is 11.4 Å². The van der Waals surface area contributed by atoms with Crippen molar-refractivity contribution in [2.45, 2.75) is 16.3 Å². The van der Waals surface area contributed by atoms with Crippen molar-refractivity contribution in [3.05, 3.63) is 114 Å².